The molecule has 0 spiro atoms. The maximum atomic E-state index is 13.3. The largest absolute Gasteiger partial charge is 0.494 e. The Balaban J connectivity index is 1.70. The van der Waals surface area contributed by atoms with Crippen LogP contribution in [-0.4, -0.2) is 30.6 Å². The Morgan fingerprint density at radius 3 is 2.42 bits per heavy atom. The van der Waals surface area contributed by atoms with Gasteiger partial charge >= 0.3 is 5.04 Å². The fraction of sp³-hybridized carbons (Fsp3) is 0.154. The van der Waals surface area contributed by atoms with E-state index in [9.17, 15) is 18.7 Å². The standard InChI is InChI=1S/C26H22N2O4S/c1-2-3-15-32-21-13-11-20-17-22(14-12-19(20)16-21)33(30,31)26(28-27)25(29)24-10-6-8-18-7-4-5-9-23(18)24/h4-14,16-17H,2-3,15H2,1H3. The van der Waals surface area contributed by atoms with E-state index in [0.29, 0.717) is 23.1 Å². The van der Waals surface area contributed by atoms with Crippen molar-refractivity contribution < 1.29 is 22.7 Å². The molecule has 0 fully saturated rings. The van der Waals surface area contributed by atoms with Gasteiger partial charge in [-0.05, 0) is 52.2 Å². The highest BCUT2D eigenvalue weighted by atomic mass is 32.2. The minimum absolute atomic E-state index is 0.129. The van der Waals surface area contributed by atoms with Crippen molar-refractivity contribution >= 4 is 42.2 Å². The van der Waals surface area contributed by atoms with E-state index in [1.54, 1.807) is 36.4 Å². The molecule has 0 aliphatic rings. The molecular weight excluding hydrogens is 436 g/mol. The maximum Gasteiger partial charge on any atom is 0.456 e. The highest BCUT2D eigenvalue weighted by molar-refractivity contribution is 8.08. The number of carbonyl (C=O) groups is 1. The van der Waals surface area contributed by atoms with E-state index in [1.165, 1.54) is 18.2 Å². The summed E-state index contributed by atoms with van der Waals surface area (Å²) in [6.07, 6.45) is 1.98. The normalized spacial score (nSPS) is 11.3. The zero-order valence-corrected chi connectivity index (χ0v) is 18.9. The van der Waals surface area contributed by atoms with Crippen LogP contribution in [0, 0.1) is 0 Å². The summed E-state index contributed by atoms with van der Waals surface area (Å²) in [5.74, 6) is -0.163. The number of benzene rings is 4. The van der Waals surface area contributed by atoms with Crippen molar-refractivity contribution in [2.24, 2.45) is 0 Å². The number of sulfone groups is 1. The minimum atomic E-state index is -4.37. The van der Waals surface area contributed by atoms with Crippen LogP contribution in [0.15, 0.2) is 83.8 Å². The SMILES string of the molecule is CCCCOc1ccc2cc(S(=O)(=O)C(=[N+]=[N-])C(=O)c3cccc4ccccc34)ccc2c1. The summed E-state index contributed by atoms with van der Waals surface area (Å²) in [6.45, 7) is 2.70. The molecule has 0 aliphatic heterocycles. The topological polar surface area (TPSA) is 96.8 Å². The number of fused-ring (bicyclic) bond motifs is 2. The first-order valence-electron chi connectivity index (χ1n) is 10.6. The summed E-state index contributed by atoms with van der Waals surface area (Å²) in [5, 5.41) is 1.90. The highest BCUT2D eigenvalue weighted by Gasteiger charge is 2.38. The molecule has 7 heteroatoms. The lowest BCUT2D eigenvalue weighted by Gasteiger charge is -2.08. The summed E-state index contributed by atoms with van der Waals surface area (Å²) in [7, 11) is -4.37. The molecule has 0 heterocycles. The molecule has 4 rings (SSSR count). The molecule has 0 unspecified atom stereocenters. The minimum Gasteiger partial charge on any atom is -0.494 e. The molecule has 0 radical (unpaired) electrons. The fourth-order valence-corrected chi connectivity index (χ4v) is 4.88. The van der Waals surface area contributed by atoms with Gasteiger partial charge in [-0.15, -0.1) is 4.79 Å². The first-order chi connectivity index (χ1) is 16.0. The maximum absolute atomic E-state index is 13.3. The number of ketones is 1. The average molecular weight is 459 g/mol. The van der Waals surface area contributed by atoms with Gasteiger partial charge in [-0.1, -0.05) is 67.9 Å². The van der Waals surface area contributed by atoms with Gasteiger partial charge in [-0.2, -0.15) is 0 Å². The third kappa shape index (κ3) is 4.42. The van der Waals surface area contributed by atoms with E-state index < -0.39 is 20.7 Å². The quantitative estimate of drug-likeness (QED) is 0.0917. The van der Waals surface area contributed by atoms with Crippen molar-refractivity contribution in [1.29, 1.82) is 0 Å². The van der Waals surface area contributed by atoms with E-state index in [0.717, 1.165) is 23.6 Å². The summed E-state index contributed by atoms with van der Waals surface area (Å²) in [6, 6.07) is 22.0. The molecule has 0 aromatic heterocycles. The molecular formula is C26H22N2O4S. The van der Waals surface area contributed by atoms with Gasteiger partial charge in [0.15, 0.2) is 0 Å². The van der Waals surface area contributed by atoms with Crippen LogP contribution in [0.25, 0.3) is 27.1 Å². The number of carbonyl (C=O) groups excluding carboxylic acids is 1. The zero-order valence-electron chi connectivity index (χ0n) is 18.1. The third-order valence-corrected chi connectivity index (χ3v) is 7.08. The van der Waals surface area contributed by atoms with Gasteiger partial charge in [0.05, 0.1) is 11.5 Å². The third-order valence-electron chi connectivity index (χ3n) is 5.43. The number of ether oxygens (including phenoxy) is 1. The van der Waals surface area contributed by atoms with Crippen LogP contribution in [0.4, 0.5) is 0 Å². The molecule has 0 amide bonds. The van der Waals surface area contributed by atoms with Gasteiger partial charge < -0.3 is 10.3 Å². The zero-order chi connectivity index (χ0) is 23.4. The van der Waals surface area contributed by atoms with Crippen LogP contribution in [0.5, 0.6) is 5.75 Å². The van der Waals surface area contributed by atoms with Crippen LogP contribution in [0.2, 0.25) is 0 Å². The van der Waals surface area contributed by atoms with Crippen molar-refractivity contribution in [1.82, 2.24) is 0 Å². The Morgan fingerprint density at radius 2 is 1.64 bits per heavy atom. The van der Waals surface area contributed by atoms with Crippen molar-refractivity contribution in [3.05, 3.63) is 90.0 Å². The Hall–Kier alpha value is -3.80. The van der Waals surface area contributed by atoms with Gasteiger partial charge in [0.2, 0.25) is 0 Å². The number of rotatable bonds is 7. The van der Waals surface area contributed by atoms with Gasteiger partial charge in [-0.3, -0.25) is 4.79 Å². The molecule has 0 atom stereocenters. The fourth-order valence-electron chi connectivity index (χ4n) is 3.66. The predicted octanol–water partition coefficient (Wildman–Crippen LogP) is 5.46. The molecule has 33 heavy (non-hydrogen) atoms. The van der Waals surface area contributed by atoms with Crippen molar-refractivity contribution in [2.45, 2.75) is 24.7 Å². The van der Waals surface area contributed by atoms with E-state index in [4.69, 9.17) is 4.74 Å². The number of nitrogens with zero attached hydrogens (tertiary/aromatic N) is 2. The molecule has 0 saturated carbocycles. The van der Waals surface area contributed by atoms with Crippen molar-refractivity contribution in [2.75, 3.05) is 6.61 Å². The van der Waals surface area contributed by atoms with Crippen molar-refractivity contribution in [3.63, 3.8) is 0 Å². The number of hydrogen-bond donors (Lipinski definition) is 0. The molecule has 0 N–H and O–H groups in total. The lowest BCUT2D eigenvalue weighted by Crippen LogP contribution is -2.26. The Labute approximate surface area is 192 Å². The van der Waals surface area contributed by atoms with Crippen LogP contribution < -0.4 is 4.74 Å². The van der Waals surface area contributed by atoms with Crippen LogP contribution >= 0.6 is 0 Å². The Kier molecular flexibility index (Phi) is 6.36. The smallest absolute Gasteiger partial charge is 0.456 e. The monoisotopic (exact) mass is 458 g/mol. The molecule has 6 nitrogen and oxygen atoms in total. The summed E-state index contributed by atoms with van der Waals surface area (Å²) in [5.41, 5.74) is 9.70. The first-order valence-corrected chi connectivity index (χ1v) is 12.1. The van der Waals surface area contributed by atoms with Gasteiger partial charge in [0, 0.05) is 5.56 Å². The van der Waals surface area contributed by atoms with Crippen LogP contribution in [-0.2, 0) is 9.84 Å². The second-order valence-electron chi connectivity index (χ2n) is 7.64. The molecule has 4 aromatic carbocycles. The molecule has 0 saturated heterocycles. The summed E-state index contributed by atoms with van der Waals surface area (Å²) < 4.78 is 32.2. The number of hydrogen-bond acceptors (Lipinski definition) is 4. The molecule has 0 bridgehead atoms. The number of Topliss-reactive ketones (excluding diaryl/α,β-unsaturated/α-hetero) is 1. The summed E-state index contributed by atoms with van der Waals surface area (Å²) in [4.78, 5) is 15.9. The Bertz CT molecular complexity index is 1510. The highest BCUT2D eigenvalue weighted by Crippen LogP contribution is 2.26. The molecule has 4 aromatic rings. The van der Waals surface area contributed by atoms with Gasteiger partial charge in [0.25, 0.3) is 15.6 Å². The van der Waals surface area contributed by atoms with Crippen molar-refractivity contribution in [3.8, 4) is 5.75 Å². The van der Waals surface area contributed by atoms with E-state index in [1.807, 2.05) is 24.3 Å². The average Bonchev–Trinajstić information content (AvgIpc) is 2.83. The Morgan fingerprint density at radius 1 is 0.909 bits per heavy atom. The van der Waals surface area contributed by atoms with Gasteiger partial charge in [-0.25, -0.2) is 8.42 Å². The lowest BCUT2D eigenvalue weighted by atomic mass is 10.0. The predicted molar refractivity (Wildman–Crippen MR) is 128 cm³/mol. The lowest BCUT2D eigenvalue weighted by molar-refractivity contribution is -0.00156. The second-order valence-corrected chi connectivity index (χ2v) is 9.50. The van der Waals surface area contributed by atoms with E-state index >= 15 is 0 Å². The van der Waals surface area contributed by atoms with E-state index in [2.05, 4.69) is 11.7 Å². The first kappa shape index (κ1) is 22.4. The van der Waals surface area contributed by atoms with Crippen LogP contribution in [0.1, 0.15) is 30.1 Å². The van der Waals surface area contributed by atoms with E-state index in [-0.39, 0.29) is 10.5 Å². The number of unbranched alkanes of at least 4 members (excludes halogenated alkanes) is 1. The van der Waals surface area contributed by atoms with Crippen LogP contribution in [0.3, 0.4) is 0 Å². The molecule has 166 valence electrons. The summed E-state index contributed by atoms with van der Waals surface area (Å²) >= 11 is 0. The van der Waals surface area contributed by atoms with Gasteiger partial charge in [0.1, 0.15) is 5.75 Å². The molecule has 0 aliphatic carbocycles. The second kappa shape index (κ2) is 9.36.